The van der Waals surface area contributed by atoms with Crippen LogP contribution in [0.3, 0.4) is 0 Å². The highest BCUT2D eigenvalue weighted by molar-refractivity contribution is 7.49. The van der Waals surface area contributed by atoms with Crippen LogP contribution in [0.15, 0.2) is 72.1 Å². The third-order valence-corrected chi connectivity index (χ3v) is 9.32. The number of benzene rings is 2. The number of fused-ring (bicyclic) bond motifs is 1. The van der Waals surface area contributed by atoms with Gasteiger partial charge in [-0.2, -0.15) is 4.57 Å². The lowest BCUT2D eigenvalue weighted by Gasteiger charge is -2.48. The number of carbonyl (C=O) groups is 3. The lowest BCUT2D eigenvalue weighted by Crippen LogP contribution is -2.64. The van der Waals surface area contributed by atoms with Crippen LogP contribution in [0.4, 0.5) is 0 Å². The minimum atomic E-state index is -4.53. The summed E-state index contributed by atoms with van der Waals surface area (Å²) in [6.07, 6.45) is -0.449. The minimum Gasteiger partial charge on any atom is -0.427 e. The van der Waals surface area contributed by atoms with E-state index in [4.69, 9.17) is 27.5 Å². The lowest BCUT2D eigenvalue weighted by atomic mass is 9.79. The molecule has 2 heterocycles. The molecule has 4 atom stereocenters. The Hall–Kier alpha value is -3.60. The second-order valence-electron chi connectivity index (χ2n) is 12.7. The number of phosphoric acid groups is 1. The number of amides is 1. The second-order valence-corrected chi connectivity index (χ2v) is 18.6. The van der Waals surface area contributed by atoms with Gasteiger partial charge in [0.15, 0.2) is 14.0 Å². The van der Waals surface area contributed by atoms with Gasteiger partial charge in [-0.1, -0.05) is 43.3 Å². The Morgan fingerprint density at radius 2 is 1.43 bits per heavy atom. The highest BCUT2D eigenvalue weighted by atomic mass is 31.2. The molecule has 0 spiro atoms. The number of hydrogen-bond donors (Lipinski definition) is 0. The van der Waals surface area contributed by atoms with Crippen molar-refractivity contribution >= 4 is 34.0 Å². The van der Waals surface area contributed by atoms with E-state index in [2.05, 4.69) is 0 Å². The van der Waals surface area contributed by atoms with Gasteiger partial charge in [-0.25, -0.2) is 4.79 Å². The molecule has 11 nitrogen and oxygen atoms in total. The lowest BCUT2D eigenvalue weighted by molar-refractivity contribution is -0.175. The smallest absolute Gasteiger partial charge is 0.427 e. The van der Waals surface area contributed by atoms with Crippen molar-refractivity contribution in [2.45, 2.75) is 66.4 Å². The zero-order valence-electron chi connectivity index (χ0n) is 26.3. The quantitative estimate of drug-likeness (QED) is 0.0855. The Balaban J connectivity index is 1.70. The van der Waals surface area contributed by atoms with E-state index in [0.29, 0.717) is 0 Å². The molecule has 1 saturated heterocycles. The maximum absolute atomic E-state index is 14.3. The number of β-lactam (4-membered cyclic amide) rings is 1. The predicted molar refractivity (Wildman–Crippen MR) is 164 cm³/mol. The fourth-order valence-corrected chi connectivity index (χ4v) is 7.70. The molecule has 1 amide bonds. The number of para-hydroxylation sites is 2. The van der Waals surface area contributed by atoms with Gasteiger partial charge in [0.05, 0.1) is 23.5 Å². The summed E-state index contributed by atoms with van der Waals surface area (Å²) in [5, 5.41) is 0. The topological polar surface area (TPSA) is 127 Å². The summed E-state index contributed by atoms with van der Waals surface area (Å²) in [6, 6.07) is 16.1. The number of phosphoric ester groups is 1. The van der Waals surface area contributed by atoms with Crippen molar-refractivity contribution in [3.63, 3.8) is 0 Å². The number of hydrogen-bond acceptors (Lipinski definition) is 10. The van der Waals surface area contributed by atoms with Crippen LogP contribution in [-0.2, 0) is 37.4 Å². The molecule has 13 heteroatoms. The van der Waals surface area contributed by atoms with Crippen LogP contribution in [0.1, 0.15) is 34.6 Å². The van der Waals surface area contributed by atoms with E-state index in [9.17, 15) is 18.9 Å². The molecule has 44 heavy (non-hydrogen) atoms. The summed E-state index contributed by atoms with van der Waals surface area (Å²) >= 11 is 0. The van der Waals surface area contributed by atoms with Gasteiger partial charge >= 0.3 is 19.8 Å². The van der Waals surface area contributed by atoms with E-state index >= 15 is 0 Å². The first-order valence-electron chi connectivity index (χ1n) is 14.4. The first kappa shape index (κ1) is 33.3. The van der Waals surface area contributed by atoms with E-state index in [0.717, 1.165) is 0 Å². The summed E-state index contributed by atoms with van der Waals surface area (Å²) in [5.74, 6) is -2.87. The Bertz CT molecular complexity index is 1410. The molecule has 238 valence electrons. The SMILES string of the molecule is C[C@@H](O[Si](C)(C)C)C1C(=O)N2C(C(=O)OCOC(=O)C(C)(C)C)=C(OP(=O)(Oc3ccccc3)Oc3ccccc3)[C@H](C)C12. The molecular weight excluding hydrogens is 605 g/mol. The summed E-state index contributed by atoms with van der Waals surface area (Å²) in [4.78, 5) is 40.6. The van der Waals surface area contributed by atoms with Gasteiger partial charge in [-0.15, -0.1) is 0 Å². The average Bonchev–Trinajstić information content (AvgIpc) is 3.15. The highest BCUT2D eigenvalue weighted by Gasteiger charge is 2.62. The van der Waals surface area contributed by atoms with Crippen molar-refractivity contribution in [1.82, 2.24) is 4.90 Å². The van der Waals surface area contributed by atoms with Crippen LogP contribution in [0.2, 0.25) is 19.6 Å². The summed E-state index contributed by atoms with van der Waals surface area (Å²) in [7, 11) is -6.55. The van der Waals surface area contributed by atoms with Crippen LogP contribution in [-0.4, -0.2) is 50.0 Å². The largest absolute Gasteiger partial charge is 0.646 e. The third-order valence-electron chi connectivity index (χ3n) is 6.95. The van der Waals surface area contributed by atoms with E-state index in [1.165, 1.54) is 4.90 Å². The zero-order chi connectivity index (χ0) is 32.4. The van der Waals surface area contributed by atoms with Gasteiger partial charge in [0, 0.05) is 5.92 Å². The first-order chi connectivity index (χ1) is 20.5. The fourth-order valence-electron chi connectivity index (χ4n) is 5.07. The molecule has 0 N–H and O–H groups in total. The van der Waals surface area contributed by atoms with Crippen molar-refractivity contribution < 1.29 is 46.4 Å². The van der Waals surface area contributed by atoms with Crippen LogP contribution in [0.25, 0.3) is 0 Å². The maximum atomic E-state index is 14.3. The van der Waals surface area contributed by atoms with E-state index in [1.807, 2.05) is 26.6 Å². The van der Waals surface area contributed by atoms with Gasteiger partial charge in [-0.05, 0) is 71.6 Å². The van der Waals surface area contributed by atoms with Crippen molar-refractivity contribution in [3.05, 3.63) is 72.1 Å². The molecule has 2 aromatic rings. The minimum absolute atomic E-state index is 0.103. The summed E-state index contributed by atoms with van der Waals surface area (Å²) < 4.78 is 48.6. The molecule has 2 aliphatic rings. The van der Waals surface area contributed by atoms with Crippen molar-refractivity contribution in [3.8, 4) is 11.5 Å². The molecule has 1 fully saturated rings. The van der Waals surface area contributed by atoms with Gasteiger partial charge in [0.1, 0.15) is 17.3 Å². The van der Waals surface area contributed by atoms with Crippen LogP contribution in [0.5, 0.6) is 11.5 Å². The van der Waals surface area contributed by atoms with Gasteiger partial charge in [0.2, 0.25) is 12.7 Å². The van der Waals surface area contributed by atoms with E-state index in [-0.39, 0.29) is 28.9 Å². The first-order valence-corrected chi connectivity index (χ1v) is 19.3. The Morgan fingerprint density at radius 3 is 1.91 bits per heavy atom. The molecule has 0 radical (unpaired) electrons. The molecule has 0 saturated carbocycles. The van der Waals surface area contributed by atoms with Crippen molar-refractivity contribution in [1.29, 1.82) is 0 Å². The average molecular weight is 646 g/mol. The molecule has 2 unspecified atom stereocenters. The zero-order valence-corrected chi connectivity index (χ0v) is 28.2. The summed E-state index contributed by atoms with van der Waals surface area (Å²) in [5.41, 5.74) is -1.08. The van der Waals surface area contributed by atoms with Gasteiger partial charge < -0.3 is 27.5 Å². The van der Waals surface area contributed by atoms with E-state index < -0.39 is 64.3 Å². The van der Waals surface area contributed by atoms with Crippen LogP contribution in [0, 0.1) is 17.3 Å². The van der Waals surface area contributed by atoms with Crippen LogP contribution < -0.4 is 9.05 Å². The third kappa shape index (κ3) is 7.54. The number of nitrogens with zero attached hydrogens (tertiary/aromatic N) is 1. The molecule has 2 aromatic carbocycles. The predicted octanol–water partition coefficient (Wildman–Crippen LogP) is 6.29. The molecular formula is C31H40NO10PSi. The Labute approximate surface area is 259 Å². The number of esters is 2. The molecule has 4 rings (SSSR count). The highest BCUT2D eigenvalue weighted by Crippen LogP contribution is 2.57. The van der Waals surface area contributed by atoms with Gasteiger partial charge in [0.25, 0.3) is 0 Å². The second kappa shape index (κ2) is 12.8. The number of ether oxygens (including phenoxy) is 2. The molecule has 2 aliphatic heterocycles. The standard InChI is InChI=1S/C31H40NO10PSi/c1-20-25-24(21(2)42-44(6,7)8)28(33)32(25)26(29(34)37-19-38-30(35)31(3,4)5)27(20)41-43(36,39-22-15-11-9-12-16-22)40-23-17-13-10-14-18-23/h9-18,20-21,24-25H,19H2,1-8H3/t20-,21-,24?,25?/m1/s1. The van der Waals surface area contributed by atoms with Crippen LogP contribution >= 0.6 is 7.82 Å². The van der Waals surface area contributed by atoms with Crippen molar-refractivity contribution in [2.24, 2.45) is 17.3 Å². The maximum Gasteiger partial charge on any atom is 0.646 e. The van der Waals surface area contributed by atoms with E-state index in [1.54, 1.807) is 88.4 Å². The Morgan fingerprint density at radius 1 is 0.909 bits per heavy atom. The molecule has 0 aromatic heterocycles. The monoisotopic (exact) mass is 645 g/mol. The normalized spacial score (nSPS) is 20.8. The fraction of sp³-hybridized carbons (Fsp3) is 0.452. The summed E-state index contributed by atoms with van der Waals surface area (Å²) in [6.45, 7) is 13.9. The number of carbonyl (C=O) groups excluding carboxylic acids is 3. The molecule has 0 aliphatic carbocycles. The number of rotatable bonds is 12. The molecule has 0 bridgehead atoms. The van der Waals surface area contributed by atoms with Crippen molar-refractivity contribution in [2.75, 3.05) is 6.79 Å². The Kier molecular flexibility index (Phi) is 9.68. The van der Waals surface area contributed by atoms with Gasteiger partial charge in [-0.3, -0.25) is 14.5 Å².